The lowest BCUT2D eigenvalue weighted by Crippen LogP contribution is -2.44. The number of hydrogen-bond acceptors (Lipinski definition) is 2. The first-order valence-electron chi connectivity index (χ1n) is 3.72. The monoisotopic (exact) mass is 145 g/mol. The van der Waals surface area contributed by atoms with E-state index < -0.39 is 0 Å². The van der Waals surface area contributed by atoms with Crippen LogP contribution in [-0.4, -0.2) is 25.3 Å². The van der Waals surface area contributed by atoms with E-state index in [1.165, 1.54) is 0 Å². The first-order valence-corrected chi connectivity index (χ1v) is 3.72. The summed E-state index contributed by atoms with van der Waals surface area (Å²) in [5, 5.41) is 3.40. The first kappa shape index (κ1) is 9.92. The highest BCUT2D eigenvalue weighted by atomic mass is 16.5. The summed E-state index contributed by atoms with van der Waals surface area (Å²) in [5.74, 6) is 0. The van der Waals surface area contributed by atoms with Crippen molar-refractivity contribution >= 4 is 0 Å². The Morgan fingerprint density at radius 3 is 2.20 bits per heavy atom. The third kappa shape index (κ3) is 6.05. The Morgan fingerprint density at radius 1 is 1.40 bits per heavy atom. The van der Waals surface area contributed by atoms with Gasteiger partial charge in [-0.2, -0.15) is 0 Å². The van der Waals surface area contributed by atoms with Gasteiger partial charge in [-0.15, -0.1) is 0 Å². The number of nitrogens with one attached hydrogen (secondary N) is 1. The van der Waals surface area contributed by atoms with Gasteiger partial charge in [-0.05, 0) is 27.7 Å². The molecule has 0 rings (SSSR count). The molecule has 0 aromatic carbocycles. The molecule has 1 N–H and O–H groups in total. The Hall–Kier alpha value is -0.0800. The molecular weight excluding hydrogens is 126 g/mol. The van der Waals surface area contributed by atoms with Crippen LogP contribution in [0.25, 0.3) is 0 Å². The van der Waals surface area contributed by atoms with E-state index in [1.54, 1.807) is 7.11 Å². The summed E-state index contributed by atoms with van der Waals surface area (Å²) >= 11 is 0. The van der Waals surface area contributed by atoms with E-state index >= 15 is 0 Å². The lowest BCUT2D eigenvalue weighted by Gasteiger charge is -2.25. The van der Waals surface area contributed by atoms with Crippen LogP contribution in [-0.2, 0) is 4.74 Å². The molecule has 0 aromatic rings. The van der Waals surface area contributed by atoms with E-state index in [1.807, 2.05) is 0 Å². The summed E-state index contributed by atoms with van der Waals surface area (Å²) in [6.07, 6.45) is 0. The minimum Gasteiger partial charge on any atom is -0.383 e. The average molecular weight is 145 g/mol. The molecule has 0 heterocycles. The summed E-state index contributed by atoms with van der Waals surface area (Å²) in [5.41, 5.74) is 0.192. The Morgan fingerprint density at radius 2 is 1.90 bits per heavy atom. The second-order valence-electron chi connectivity index (χ2n) is 3.75. The molecule has 0 saturated heterocycles. The van der Waals surface area contributed by atoms with Crippen molar-refractivity contribution in [1.29, 1.82) is 0 Å². The van der Waals surface area contributed by atoms with Gasteiger partial charge in [-0.25, -0.2) is 0 Å². The Balaban J connectivity index is 3.47. The highest BCUT2D eigenvalue weighted by Crippen LogP contribution is 2.00. The molecule has 0 amide bonds. The molecule has 0 aliphatic rings. The van der Waals surface area contributed by atoms with Crippen molar-refractivity contribution in [3.63, 3.8) is 0 Å². The van der Waals surface area contributed by atoms with Gasteiger partial charge in [0, 0.05) is 18.7 Å². The van der Waals surface area contributed by atoms with Crippen LogP contribution < -0.4 is 5.32 Å². The van der Waals surface area contributed by atoms with Crippen LogP contribution in [0.15, 0.2) is 0 Å². The molecule has 2 nitrogen and oxygen atoms in total. The highest BCUT2D eigenvalue weighted by Gasteiger charge is 2.12. The van der Waals surface area contributed by atoms with Crippen molar-refractivity contribution in [2.45, 2.75) is 39.3 Å². The molecule has 0 aliphatic heterocycles. The molecule has 62 valence electrons. The van der Waals surface area contributed by atoms with Crippen molar-refractivity contribution < 1.29 is 4.74 Å². The SMILES string of the molecule is COC[C@@H](C)NC(C)(C)C. The summed E-state index contributed by atoms with van der Waals surface area (Å²) in [6.45, 7) is 9.35. The molecule has 0 radical (unpaired) electrons. The zero-order valence-corrected chi connectivity index (χ0v) is 7.69. The fourth-order valence-electron chi connectivity index (χ4n) is 1.03. The minimum absolute atomic E-state index is 0.192. The summed E-state index contributed by atoms with van der Waals surface area (Å²) in [4.78, 5) is 0. The van der Waals surface area contributed by atoms with Crippen molar-refractivity contribution in [3.8, 4) is 0 Å². The summed E-state index contributed by atoms with van der Waals surface area (Å²) in [7, 11) is 1.72. The number of hydrogen-bond donors (Lipinski definition) is 1. The average Bonchev–Trinajstić information content (AvgIpc) is 1.59. The first-order chi connectivity index (χ1) is 4.45. The van der Waals surface area contributed by atoms with Gasteiger partial charge >= 0.3 is 0 Å². The van der Waals surface area contributed by atoms with E-state index in [4.69, 9.17) is 4.74 Å². The van der Waals surface area contributed by atoms with Crippen molar-refractivity contribution in [3.05, 3.63) is 0 Å². The van der Waals surface area contributed by atoms with Gasteiger partial charge in [0.25, 0.3) is 0 Å². The molecule has 10 heavy (non-hydrogen) atoms. The third-order valence-electron chi connectivity index (χ3n) is 1.10. The Labute approximate surface area is 64.0 Å². The fraction of sp³-hybridized carbons (Fsp3) is 1.00. The topological polar surface area (TPSA) is 21.3 Å². The van der Waals surface area contributed by atoms with Gasteiger partial charge in [-0.3, -0.25) is 0 Å². The smallest absolute Gasteiger partial charge is 0.0613 e. The number of ether oxygens (including phenoxy) is 1. The standard InChI is InChI=1S/C8H19NO/c1-7(6-10-5)9-8(2,3)4/h7,9H,6H2,1-5H3/t7-/m1/s1. The van der Waals surface area contributed by atoms with Gasteiger partial charge in [0.05, 0.1) is 6.61 Å². The van der Waals surface area contributed by atoms with E-state index in [0.717, 1.165) is 6.61 Å². The quantitative estimate of drug-likeness (QED) is 0.648. The molecule has 0 unspecified atom stereocenters. The lowest BCUT2D eigenvalue weighted by atomic mass is 10.1. The minimum atomic E-state index is 0.192. The molecule has 0 saturated carbocycles. The molecule has 1 atom stereocenters. The predicted molar refractivity (Wildman–Crippen MR) is 44.2 cm³/mol. The van der Waals surface area contributed by atoms with Crippen molar-refractivity contribution in [2.24, 2.45) is 0 Å². The second-order valence-corrected chi connectivity index (χ2v) is 3.75. The second kappa shape index (κ2) is 3.94. The van der Waals surface area contributed by atoms with Crippen LogP contribution in [0.1, 0.15) is 27.7 Å². The van der Waals surface area contributed by atoms with Crippen LogP contribution >= 0.6 is 0 Å². The maximum atomic E-state index is 4.99. The zero-order chi connectivity index (χ0) is 8.20. The largest absolute Gasteiger partial charge is 0.383 e. The van der Waals surface area contributed by atoms with Crippen molar-refractivity contribution in [2.75, 3.05) is 13.7 Å². The van der Waals surface area contributed by atoms with Gasteiger partial charge in [0.2, 0.25) is 0 Å². The van der Waals surface area contributed by atoms with Gasteiger partial charge in [0.15, 0.2) is 0 Å². The summed E-state index contributed by atoms with van der Waals surface area (Å²) in [6, 6.07) is 0.435. The van der Waals surface area contributed by atoms with Crippen LogP contribution in [0.4, 0.5) is 0 Å². The lowest BCUT2D eigenvalue weighted by molar-refractivity contribution is 0.159. The van der Waals surface area contributed by atoms with Crippen molar-refractivity contribution in [1.82, 2.24) is 5.32 Å². The van der Waals surface area contributed by atoms with Crippen LogP contribution in [0.5, 0.6) is 0 Å². The molecule has 0 fully saturated rings. The van der Waals surface area contributed by atoms with E-state index in [9.17, 15) is 0 Å². The third-order valence-corrected chi connectivity index (χ3v) is 1.10. The van der Waals surface area contributed by atoms with Gasteiger partial charge < -0.3 is 10.1 Å². The molecule has 2 heteroatoms. The maximum Gasteiger partial charge on any atom is 0.0613 e. The molecule has 0 spiro atoms. The van der Waals surface area contributed by atoms with Gasteiger partial charge in [0.1, 0.15) is 0 Å². The van der Waals surface area contributed by atoms with Crippen LogP contribution in [0, 0.1) is 0 Å². The molecule has 0 aromatic heterocycles. The van der Waals surface area contributed by atoms with Crippen LogP contribution in [0.2, 0.25) is 0 Å². The number of rotatable bonds is 3. The Kier molecular flexibility index (Phi) is 3.91. The predicted octanol–water partition coefficient (Wildman–Crippen LogP) is 1.41. The van der Waals surface area contributed by atoms with E-state index in [2.05, 4.69) is 33.0 Å². The molecular formula is C8H19NO. The van der Waals surface area contributed by atoms with E-state index in [0.29, 0.717) is 6.04 Å². The molecule has 0 aliphatic carbocycles. The fourth-order valence-corrected chi connectivity index (χ4v) is 1.03. The summed E-state index contributed by atoms with van der Waals surface area (Å²) < 4.78 is 4.99. The molecule has 0 bridgehead atoms. The number of methoxy groups -OCH3 is 1. The van der Waals surface area contributed by atoms with Gasteiger partial charge in [-0.1, -0.05) is 0 Å². The maximum absolute atomic E-state index is 4.99. The van der Waals surface area contributed by atoms with E-state index in [-0.39, 0.29) is 5.54 Å². The highest BCUT2D eigenvalue weighted by molar-refractivity contribution is 4.74. The zero-order valence-electron chi connectivity index (χ0n) is 7.69. The van der Waals surface area contributed by atoms with Crippen LogP contribution in [0.3, 0.4) is 0 Å². The normalized spacial score (nSPS) is 15.3. The Bertz CT molecular complexity index is 85.7.